The molecule has 0 aliphatic rings. The zero-order valence-electron chi connectivity index (χ0n) is 14.1. The molecule has 2 aromatic carbocycles. The minimum absolute atomic E-state index is 0.165. The number of hydrogen-bond acceptors (Lipinski definition) is 5. The molecule has 0 aliphatic heterocycles. The monoisotopic (exact) mass is 376 g/mol. The number of benzene rings is 2. The van der Waals surface area contributed by atoms with Crippen LogP contribution in [0.25, 0.3) is 10.2 Å². The Bertz CT molecular complexity index is 893. The molecule has 1 heterocycles. The third-order valence-electron chi connectivity index (χ3n) is 3.74. The molecule has 3 rings (SSSR count). The number of aromatic nitrogens is 1. The number of methoxy groups -OCH3 is 2. The van der Waals surface area contributed by atoms with E-state index in [1.807, 2.05) is 24.3 Å². The quantitative estimate of drug-likeness (QED) is 0.668. The first-order valence-electron chi connectivity index (χ1n) is 7.55. The van der Waals surface area contributed by atoms with Gasteiger partial charge >= 0.3 is 0 Å². The number of carbonyl (C=O) groups is 1. The lowest BCUT2D eigenvalue weighted by Crippen LogP contribution is -2.26. The molecule has 0 fully saturated rings. The molecule has 0 saturated carbocycles. The molecule has 0 N–H and O–H groups in total. The Labute approximate surface area is 154 Å². The minimum atomic E-state index is -0.165. The van der Waals surface area contributed by atoms with Crippen LogP contribution >= 0.6 is 22.9 Å². The number of thiazole rings is 1. The summed E-state index contributed by atoms with van der Waals surface area (Å²) in [6.45, 7) is 0.421. The van der Waals surface area contributed by atoms with E-state index in [0.29, 0.717) is 28.6 Å². The van der Waals surface area contributed by atoms with E-state index in [2.05, 4.69) is 4.98 Å². The first-order valence-corrected chi connectivity index (χ1v) is 8.74. The Morgan fingerprint density at radius 3 is 2.68 bits per heavy atom. The van der Waals surface area contributed by atoms with Gasteiger partial charge in [-0.05, 0) is 24.3 Å². The molecule has 3 aromatic rings. The maximum atomic E-state index is 12.7. The maximum absolute atomic E-state index is 12.7. The molecular formula is C18H17ClN2O3S. The lowest BCUT2D eigenvalue weighted by molar-refractivity contribution is 0.0784. The third kappa shape index (κ3) is 3.55. The van der Waals surface area contributed by atoms with Crippen LogP contribution in [0, 0.1) is 0 Å². The highest BCUT2D eigenvalue weighted by molar-refractivity contribution is 7.18. The Balaban J connectivity index is 1.83. The number of carbonyl (C=O) groups excluding carboxylic acids is 1. The number of amides is 1. The van der Waals surface area contributed by atoms with Crippen molar-refractivity contribution in [3.8, 4) is 11.5 Å². The van der Waals surface area contributed by atoms with E-state index in [1.54, 1.807) is 35.4 Å². The summed E-state index contributed by atoms with van der Waals surface area (Å²) < 4.78 is 11.6. The minimum Gasteiger partial charge on any atom is -0.493 e. The summed E-state index contributed by atoms with van der Waals surface area (Å²) in [5, 5.41) is 1.21. The van der Waals surface area contributed by atoms with Crippen LogP contribution < -0.4 is 9.47 Å². The fourth-order valence-electron chi connectivity index (χ4n) is 2.52. The van der Waals surface area contributed by atoms with Gasteiger partial charge in [0.15, 0.2) is 11.5 Å². The summed E-state index contributed by atoms with van der Waals surface area (Å²) in [4.78, 5) is 18.9. The molecule has 25 heavy (non-hydrogen) atoms. The van der Waals surface area contributed by atoms with Crippen LogP contribution in [-0.4, -0.2) is 37.1 Å². The first kappa shape index (κ1) is 17.5. The zero-order valence-corrected chi connectivity index (χ0v) is 15.6. The maximum Gasteiger partial charge on any atom is 0.254 e. The Hall–Kier alpha value is -2.31. The summed E-state index contributed by atoms with van der Waals surface area (Å²) in [6.07, 6.45) is 0. The van der Waals surface area contributed by atoms with Gasteiger partial charge in [0.1, 0.15) is 5.01 Å². The van der Waals surface area contributed by atoms with Crippen LogP contribution in [0.1, 0.15) is 15.4 Å². The van der Waals surface area contributed by atoms with Crippen molar-refractivity contribution in [3.63, 3.8) is 0 Å². The predicted octanol–water partition coefficient (Wildman–Crippen LogP) is 4.24. The summed E-state index contributed by atoms with van der Waals surface area (Å²) in [5.74, 6) is 0.670. The van der Waals surface area contributed by atoms with Gasteiger partial charge in [0, 0.05) is 12.6 Å². The number of nitrogens with zero attached hydrogens (tertiary/aromatic N) is 2. The highest BCUT2D eigenvalue weighted by Crippen LogP contribution is 2.36. The normalized spacial score (nSPS) is 10.7. The zero-order chi connectivity index (χ0) is 18.0. The van der Waals surface area contributed by atoms with Gasteiger partial charge in [-0.15, -0.1) is 11.3 Å². The fraction of sp³-hybridized carbons (Fsp3) is 0.222. The van der Waals surface area contributed by atoms with Crippen LogP contribution in [-0.2, 0) is 6.54 Å². The van der Waals surface area contributed by atoms with Gasteiger partial charge in [-0.25, -0.2) is 4.98 Å². The molecule has 130 valence electrons. The van der Waals surface area contributed by atoms with E-state index in [-0.39, 0.29) is 5.91 Å². The van der Waals surface area contributed by atoms with Gasteiger partial charge in [-0.2, -0.15) is 0 Å². The van der Waals surface area contributed by atoms with E-state index >= 15 is 0 Å². The van der Waals surface area contributed by atoms with E-state index in [9.17, 15) is 4.79 Å². The summed E-state index contributed by atoms with van der Waals surface area (Å²) in [5.41, 5.74) is 1.38. The number of fused-ring (bicyclic) bond motifs is 1. The lowest BCUT2D eigenvalue weighted by atomic mass is 10.1. The smallest absolute Gasteiger partial charge is 0.254 e. The second kappa shape index (κ2) is 7.29. The van der Waals surface area contributed by atoms with Crippen molar-refractivity contribution >= 4 is 39.1 Å². The molecule has 7 heteroatoms. The fourth-order valence-corrected chi connectivity index (χ4v) is 3.83. The van der Waals surface area contributed by atoms with Crippen molar-refractivity contribution in [2.75, 3.05) is 21.3 Å². The SMILES string of the molecule is COc1cc(C(=O)N(C)Cc2nc3ccccc3s2)cc(Cl)c1OC. The number of ether oxygens (including phenoxy) is 2. The van der Waals surface area contributed by atoms with Crippen molar-refractivity contribution in [2.24, 2.45) is 0 Å². The molecule has 0 bridgehead atoms. The van der Waals surface area contributed by atoms with Gasteiger partial charge in [0.25, 0.3) is 5.91 Å². The molecule has 0 unspecified atom stereocenters. The molecule has 0 atom stereocenters. The van der Waals surface area contributed by atoms with Crippen molar-refractivity contribution < 1.29 is 14.3 Å². The molecule has 1 aromatic heterocycles. The van der Waals surface area contributed by atoms with E-state index in [4.69, 9.17) is 21.1 Å². The molecular weight excluding hydrogens is 360 g/mol. The number of para-hydroxylation sites is 1. The second-order valence-electron chi connectivity index (χ2n) is 5.43. The molecule has 0 radical (unpaired) electrons. The molecule has 0 spiro atoms. The lowest BCUT2D eigenvalue weighted by Gasteiger charge is -2.17. The van der Waals surface area contributed by atoms with Gasteiger partial charge in [0.2, 0.25) is 0 Å². The van der Waals surface area contributed by atoms with Crippen LogP contribution in [0.5, 0.6) is 11.5 Å². The number of halogens is 1. The van der Waals surface area contributed by atoms with Crippen LogP contribution in [0.15, 0.2) is 36.4 Å². The van der Waals surface area contributed by atoms with Crippen LogP contribution in [0.4, 0.5) is 0 Å². The number of hydrogen-bond donors (Lipinski definition) is 0. The Morgan fingerprint density at radius 1 is 1.24 bits per heavy atom. The number of rotatable bonds is 5. The van der Waals surface area contributed by atoms with Gasteiger partial charge in [-0.3, -0.25) is 4.79 Å². The Kier molecular flexibility index (Phi) is 5.11. The molecule has 0 saturated heterocycles. The topological polar surface area (TPSA) is 51.7 Å². The summed E-state index contributed by atoms with van der Waals surface area (Å²) in [7, 11) is 4.75. The second-order valence-corrected chi connectivity index (χ2v) is 6.95. The molecule has 0 aliphatic carbocycles. The largest absolute Gasteiger partial charge is 0.493 e. The molecule has 1 amide bonds. The van der Waals surface area contributed by atoms with Gasteiger partial charge in [-0.1, -0.05) is 23.7 Å². The summed E-state index contributed by atoms with van der Waals surface area (Å²) >= 11 is 7.77. The van der Waals surface area contributed by atoms with Crippen LogP contribution in [0.2, 0.25) is 5.02 Å². The van der Waals surface area contributed by atoms with Crippen molar-refractivity contribution in [1.82, 2.24) is 9.88 Å². The van der Waals surface area contributed by atoms with Gasteiger partial charge < -0.3 is 14.4 Å². The highest BCUT2D eigenvalue weighted by Gasteiger charge is 2.19. The van der Waals surface area contributed by atoms with Crippen molar-refractivity contribution in [3.05, 3.63) is 52.0 Å². The molecule has 5 nitrogen and oxygen atoms in total. The van der Waals surface area contributed by atoms with Crippen molar-refractivity contribution in [2.45, 2.75) is 6.54 Å². The van der Waals surface area contributed by atoms with E-state index in [0.717, 1.165) is 15.2 Å². The standard InChI is InChI=1S/C18H17ClN2O3S/c1-21(10-16-20-13-6-4-5-7-15(13)25-16)18(22)11-8-12(19)17(24-3)14(9-11)23-2/h4-9H,10H2,1-3H3. The average molecular weight is 377 g/mol. The first-order chi connectivity index (χ1) is 12.0. The van der Waals surface area contributed by atoms with E-state index < -0.39 is 0 Å². The average Bonchev–Trinajstić information content (AvgIpc) is 3.02. The Morgan fingerprint density at radius 2 is 2.00 bits per heavy atom. The van der Waals surface area contributed by atoms with Gasteiger partial charge in [0.05, 0.1) is 36.0 Å². The predicted molar refractivity (Wildman–Crippen MR) is 100.0 cm³/mol. The highest BCUT2D eigenvalue weighted by atomic mass is 35.5. The van der Waals surface area contributed by atoms with Crippen molar-refractivity contribution in [1.29, 1.82) is 0 Å². The summed E-state index contributed by atoms with van der Waals surface area (Å²) in [6, 6.07) is 11.1. The van der Waals surface area contributed by atoms with E-state index in [1.165, 1.54) is 14.2 Å². The van der Waals surface area contributed by atoms with Crippen LogP contribution in [0.3, 0.4) is 0 Å². The third-order valence-corrected chi connectivity index (χ3v) is 5.04.